The highest BCUT2D eigenvalue weighted by molar-refractivity contribution is 5.57. The molecule has 0 aromatic heterocycles. The zero-order valence-corrected chi connectivity index (χ0v) is 7.84. The topological polar surface area (TPSA) is 20.3 Å². The molecule has 2 heteroatoms. The Morgan fingerprint density at radius 3 is 2.27 bits per heavy atom. The van der Waals surface area contributed by atoms with Crippen LogP contribution < -0.4 is 0 Å². The Bertz CT molecular complexity index is 104. The number of likely N-dealkylation sites (N-methyl/N-ethyl adjacent to an activating group) is 1. The number of rotatable bonds is 1. The number of aldehydes is 1. The second kappa shape index (κ2) is 6.35. The Hall–Kier alpha value is -0.370. The zero-order chi connectivity index (χ0) is 8.69. The minimum Gasteiger partial charge on any atom is -0.302 e. The van der Waals surface area contributed by atoms with Gasteiger partial charge in [-0.05, 0) is 26.4 Å². The van der Waals surface area contributed by atoms with Gasteiger partial charge in [0.15, 0.2) is 0 Å². The lowest BCUT2D eigenvalue weighted by Gasteiger charge is -2.10. The van der Waals surface area contributed by atoms with Gasteiger partial charge in [0.05, 0.1) is 6.04 Å². The van der Waals surface area contributed by atoms with Crippen molar-refractivity contribution in [1.29, 1.82) is 0 Å². The van der Waals surface area contributed by atoms with E-state index in [4.69, 9.17) is 0 Å². The van der Waals surface area contributed by atoms with Gasteiger partial charge >= 0.3 is 0 Å². The Morgan fingerprint density at radius 1 is 1.55 bits per heavy atom. The Morgan fingerprint density at radius 2 is 2.09 bits per heavy atom. The van der Waals surface area contributed by atoms with Crippen molar-refractivity contribution < 1.29 is 4.79 Å². The van der Waals surface area contributed by atoms with Crippen molar-refractivity contribution in [2.45, 2.75) is 39.2 Å². The lowest BCUT2D eigenvalue weighted by Crippen LogP contribution is -2.25. The third kappa shape index (κ3) is 4.14. The van der Waals surface area contributed by atoms with Crippen LogP contribution in [0.1, 0.15) is 33.1 Å². The molecule has 1 unspecified atom stereocenters. The molecule has 1 aliphatic heterocycles. The molecule has 11 heavy (non-hydrogen) atoms. The van der Waals surface area contributed by atoms with Gasteiger partial charge in [-0.2, -0.15) is 0 Å². The van der Waals surface area contributed by atoms with Gasteiger partial charge in [0.2, 0.25) is 0 Å². The summed E-state index contributed by atoms with van der Waals surface area (Å²) < 4.78 is 0. The van der Waals surface area contributed by atoms with Crippen molar-refractivity contribution in [3.8, 4) is 0 Å². The highest BCUT2D eigenvalue weighted by atomic mass is 16.1. The second-order valence-corrected chi connectivity index (χ2v) is 3.03. The first-order valence-electron chi connectivity index (χ1n) is 4.41. The first-order chi connectivity index (χ1) is 5.26. The van der Waals surface area contributed by atoms with Gasteiger partial charge in [0.25, 0.3) is 0 Å². The van der Waals surface area contributed by atoms with Crippen LogP contribution in [0.5, 0.6) is 0 Å². The van der Waals surface area contributed by atoms with Crippen LogP contribution in [0.3, 0.4) is 0 Å². The predicted octanol–water partition coefficient (Wildman–Crippen LogP) is 1.70. The molecular formula is C9H19NO. The minimum atomic E-state index is 0.218. The molecule has 1 saturated heterocycles. The van der Waals surface area contributed by atoms with E-state index in [2.05, 4.69) is 18.7 Å². The summed E-state index contributed by atoms with van der Waals surface area (Å²) in [7, 11) is 1.99. The monoisotopic (exact) mass is 157 g/mol. The van der Waals surface area contributed by atoms with E-state index in [9.17, 15) is 4.79 Å². The molecule has 0 aromatic carbocycles. The maximum absolute atomic E-state index is 10.2. The maximum Gasteiger partial charge on any atom is 0.137 e. The third-order valence-corrected chi connectivity index (χ3v) is 1.73. The lowest BCUT2D eigenvalue weighted by atomic mass is 10.2. The lowest BCUT2D eigenvalue weighted by molar-refractivity contribution is -0.111. The molecule has 66 valence electrons. The number of hydrogen-bond acceptors (Lipinski definition) is 2. The quantitative estimate of drug-likeness (QED) is 0.540. The number of carbonyl (C=O) groups is 1. The molecule has 1 atom stereocenters. The van der Waals surface area contributed by atoms with E-state index in [1.165, 1.54) is 12.8 Å². The highest BCUT2D eigenvalue weighted by Gasteiger charge is 2.18. The number of likely N-dealkylation sites (tertiary alicyclic amines) is 1. The van der Waals surface area contributed by atoms with Gasteiger partial charge in [-0.1, -0.05) is 20.3 Å². The number of nitrogens with zero attached hydrogens (tertiary/aromatic N) is 1. The van der Waals surface area contributed by atoms with Gasteiger partial charge in [-0.15, -0.1) is 0 Å². The summed E-state index contributed by atoms with van der Waals surface area (Å²) in [5.41, 5.74) is 0. The van der Waals surface area contributed by atoms with Gasteiger partial charge in [-0.25, -0.2) is 0 Å². The first-order valence-corrected chi connectivity index (χ1v) is 4.41. The molecule has 1 heterocycles. The van der Waals surface area contributed by atoms with E-state index in [0.717, 1.165) is 19.3 Å². The molecule has 0 bridgehead atoms. The molecule has 1 aliphatic rings. The van der Waals surface area contributed by atoms with Gasteiger partial charge in [0.1, 0.15) is 6.29 Å². The van der Waals surface area contributed by atoms with Crippen LogP contribution in [0.15, 0.2) is 0 Å². The molecule has 0 saturated carbocycles. The van der Waals surface area contributed by atoms with E-state index in [0.29, 0.717) is 0 Å². The van der Waals surface area contributed by atoms with Crippen molar-refractivity contribution in [3.63, 3.8) is 0 Å². The van der Waals surface area contributed by atoms with Crippen LogP contribution in [-0.2, 0) is 4.79 Å². The van der Waals surface area contributed by atoms with Crippen molar-refractivity contribution in [1.82, 2.24) is 4.90 Å². The zero-order valence-electron chi connectivity index (χ0n) is 7.84. The molecule has 0 amide bonds. The summed E-state index contributed by atoms with van der Waals surface area (Å²) in [5.74, 6) is 0. The molecule has 0 aromatic rings. The average Bonchev–Trinajstić information content (AvgIpc) is 2.36. The Labute approximate surface area is 69.6 Å². The van der Waals surface area contributed by atoms with Crippen molar-refractivity contribution in [2.75, 3.05) is 13.6 Å². The summed E-state index contributed by atoms with van der Waals surface area (Å²) in [5, 5.41) is 0. The summed E-state index contributed by atoms with van der Waals surface area (Å²) in [6, 6.07) is 0.218. The number of carbonyl (C=O) groups excluding carboxylic acids is 1. The average molecular weight is 157 g/mol. The fourth-order valence-corrected chi connectivity index (χ4v) is 1.11. The summed E-state index contributed by atoms with van der Waals surface area (Å²) >= 11 is 0. The predicted molar refractivity (Wildman–Crippen MR) is 47.7 cm³/mol. The van der Waals surface area contributed by atoms with E-state index in [1.54, 1.807) is 0 Å². The van der Waals surface area contributed by atoms with Gasteiger partial charge < -0.3 is 4.79 Å². The fraction of sp³-hybridized carbons (Fsp3) is 0.889. The summed E-state index contributed by atoms with van der Waals surface area (Å²) in [6.45, 7) is 5.34. The van der Waals surface area contributed by atoms with Crippen LogP contribution in [0, 0.1) is 0 Å². The van der Waals surface area contributed by atoms with Crippen LogP contribution in [0.2, 0.25) is 0 Å². The summed E-state index contributed by atoms with van der Waals surface area (Å²) in [6.07, 6.45) is 4.52. The highest BCUT2D eigenvalue weighted by Crippen LogP contribution is 2.11. The van der Waals surface area contributed by atoms with Crippen LogP contribution >= 0.6 is 0 Å². The van der Waals surface area contributed by atoms with Gasteiger partial charge in [-0.3, -0.25) is 4.90 Å². The van der Waals surface area contributed by atoms with Crippen LogP contribution in [-0.4, -0.2) is 30.8 Å². The van der Waals surface area contributed by atoms with Crippen LogP contribution in [0.25, 0.3) is 0 Å². The van der Waals surface area contributed by atoms with Gasteiger partial charge in [0, 0.05) is 0 Å². The fourth-order valence-electron chi connectivity index (χ4n) is 1.11. The SMILES string of the molecule is CCC.CN1CCCC1C=O. The van der Waals surface area contributed by atoms with E-state index in [1.807, 2.05) is 7.05 Å². The normalized spacial score (nSPS) is 24.1. The molecule has 0 N–H and O–H groups in total. The standard InChI is InChI=1S/C6H11NO.C3H8/c1-7-4-2-3-6(7)5-8;1-3-2/h5-6H,2-4H2,1H3;3H2,1-2H3. The Kier molecular flexibility index (Phi) is 6.13. The van der Waals surface area contributed by atoms with Crippen LogP contribution in [0.4, 0.5) is 0 Å². The van der Waals surface area contributed by atoms with Crippen molar-refractivity contribution >= 4 is 6.29 Å². The Balaban J connectivity index is 0.000000292. The smallest absolute Gasteiger partial charge is 0.137 e. The third-order valence-electron chi connectivity index (χ3n) is 1.73. The molecule has 0 spiro atoms. The molecular weight excluding hydrogens is 138 g/mol. The molecule has 0 aliphatic carbocycles. The molecule has 1 rings (SSSR count). The van der Waals surface area contributed by atoms with Crippen molar-refractivity contribution in [2.24, 2.45) is 0 Å². The molecule has 1 fully saturated rings. The number of hydrogen-bond donors (Lipinski definition) is 0. The molecule has 2 nitrogen and oxygen atoms in total. The first kappa shape index (κ1) is 10.6. The van der Waals surface area contributed by atoms with E-state index >= 15 is 0 Å². The second-order valence-electron chi connectivity index (χ2n) is 3.03. The largest absolute Gasteiger partial charge is 0.302 e. The minimum absolute atomic E-state index is 0.218. The molecule has 0 radical (unpaired) electrons. The summed E-state index contributed by atoms with van der Waals surface area (Å²) in [4.78, 5) is 12.3. The maximum atomic E-state index is 10.2. The van der Waals surface area contributed by atoms with Crippen molar-refractivity contribution in [3.05, 3.63) is 0 Å². The van der Waals surface area contributed by atoms with E-state index < -0.39 is 0 Å². The van der Waals surface area contributed by atoms with E-state index in [-0.39, 0.29) is 6.04 Å².